The van der Waals surface area contributed by atoms with E-state index in [1.807, 2.05) is 13.8 Å². The summed E-state index contributed by atoms with van der Waals surface area (Å²) in [5, 5.41) is 10.6. The third-order valence-electron chi connectivity index (χ3n) is 5.13. The smallest absolute Gasteiger partial charge is 0.167 e. The second-order valence-corrected chi connectivity index (χ2v) is 6.98. The molecule has 1 fully saturated rings. The molecule has 1 spiro atoms. The summed E-state index contributed by atoms with van der Waals surface area (Å²) in [6.45, 7) is 7.47. The Kier molecular flexibility index (Phi) is 3.85. The number of benzene rings is 1. The first-order chi connectivity index (χ1) is 10.4. The van der Waals surface area contributed by atoms with Gasteiger partial charge in [-0.1, -0.05) is 17.7 Å². The molecule has 1 saturated heterocycles. The number of allylic oxidation sites excluding steroid dienone is 2. The van der Waals surface area contributed by atoms with E-state index in [0.29, 0.717) is 31.6 Å². The molecule has 1 N–H and O–H groups in total. The number of rotatable bonds is 1. The summed E-state index contributed by atoms with van der Waals surface area (Å²) >= 11 is 0. The van der Waals surface area contributed by atoms with Crippen LogP contribution in [0, 0.1) is 26.2 Å². The Balaban J connectivity index is 2.04. The zero-order valence-corrected chi connectivity index (χ0v) is 13.7. The number of ketones is 1. The molecule has 118 valence electrons. The average Bonchev–Trinajstić information content (AvgIpc) is 2.41. The number of carbonyl (C=O) groups excluding carboxylic acids is 1. The van der Waals surface area contributed by atoms with Crippen LogP contribution in [0.5, 0.6) is 0 Å². The van der Waals surface area contributed by atoms with Crippen LogP contribution in [0.4, 0.5) is 0 Å². The topological polar surface area (TPSA) is 46.5 Å². The van der Waals surface area contributed by atoms with Crippen LogP contribution >= 0.6 is 0 Å². The molecule has 0 amide bonds. The molecule has 0 radical (unpaired) electrons. The zero-order chi connectivity index (χ0) is 15.9. The van der Waals surface area contributed by atoms with Crippen LogP contribution in [0.15, 0.2) is 17.9 Å². The van der Waals surface area contributed by atoms with Gasteiger partial charge in [0.2, 0.25) is 0 Å². The molecule has 1 aromatic rings. The van der Waals surface area contributed by atoms with Gasteiger partial charge in [-0.2, -0.15) is 0 Å². The Morgan fingerprint density at radius 3 is 2.18 bits per heavy atom. The third kappa shape index (κ3) is 2.58. The molecule has 1 aliphatic carbocycles. The number of carbonyl (C=O) groups is 1. The number of aliphatic hydroxyl groups is 1. The average molecular weight is 300 g/mol. The molecule has 0 atom stereocenters. The Morgan fingerprint density at radius 2 is 1.64 bits per heavy atom. The fraction of sp³-hybridized carbons (Fsp3) is 0.526. The largest absolute Gasteiger partial charge is 0.512 e. The second kappa shape index (κ2) is 5.54. The van der Waals surface area contributed by atoms with Crippen molar-refractivity contribution >= 4 is 11.4 Å². The summed E-state index contributed by atoms with van der Waals surface area (Å²) in [4.78, 5) is 12.8. The van der Waals surface area contributed by atoms with E-state index in [4.69, 9.17) is 4.74 Å². The summed E-state index contributed by atoms with van der Waals surface area (Å²) in [6, 6.07) is 4.16. The van der Waals surface area contributed by atoms with E-state index < -0.39 is 0 Å². The highest BCUT2D eigenvalue weighted by Crippen LogP contribution is 2.47. The molecule has 0 unspecified atom stereocenters. The number of Topliss-reactive ketones (excluding diaryl/α,β-unsaturated/α-hetero) is 1. The van der Waals surface area contributed by atoms with Crippen molar-refractivity contribution in [2.75, 3.05) is 13.2 Å². The van der Waals surface area contributed by atoms with Crippen LogP contribution in [0.3, 0.4) is 0 Å². The fourth-order valence-corrected chi connectivity index (χ4v) is 4.11. The van der Waals surface area contributed by atoms with E-state index in [2.05, 4.69) is 19.1 Å². The van der Waals surface area contributed by atoms with Crippen molar-refractivity contribution < 1.29 is 14.6 Å². The molecule has 2 aliphatic rings. The molecule has 1 heterocycles. The van der Waals surface area contributed by atoms with Gasteiger partial charge in [-0.3, -0.25) is 4.79 Å². The lowest BCUT2D eigenvalue weighted by Crippen LogP contribution is -2.36. The summed E-state index contributed by atoms with van der Waals surface area (Å²) in [7, 11) is 0. The van der Waals surface area contributed by atoms with E-state index >= 15 is 0 Å². The number of ether oxygens (including phenoxy) is 1. The maximum Gasteiger partial charge on any atom is 0.167 e. The maximum atomic E-state index is 12.8. The number of hydrogen-bond donors (Lipinski definition) is 1. The van der Waals surface area contributed by atoms with Gasteiger partial charge >= 0.3 is 0 Å². The minimum absolute atomic E-state index is 0.0840. The van der Waals surface area contributed by atoms with Crippen LogP contribution < -0.4 is 0 Å². The first-order valence-electron chi connectivity index (χ1n) is 8.03. The SMILES string of the molecule is Cc1cc(C)c(C2=C(O)CC3(CCOCC3)CC2=O)c(C)c1. The van der Waals surface area contributed by atoms with Crippen molar-refractivity contribution in [2.45, 2.75) is 46.5 Å². The molecule has 1 aliphatic heterocycles. The van der Waals surface area contributed by atoms with E-state index in [9.17, 15) is 9.90 Å². The van der Waals surface area contributed by atoms with E-state index in [1.54, 1.807) is 0 Å². The van der Waals surface area contributed by atoms with Gasteiger partial charge < -0.3 is 9.84 Å². The third-order valence-corrected chi connectivity index (χ3v) is 5.13. The highest BCUT2D eigenvalue weighted by molar-refractivity contribution is 6.23. The van der Waals surface area contributed by atoms with Gasteiger partial charge in [-0.15, -0.1) is 0 Å². The highest BCUT2D eigenvalue weighted by Gasteiger charge is 2.41. The molecule has 3 nitrogen and oxygen atoms in total. The molecule has 22 heavy (non-hydrogen) atoms. The second-order valence-electron chi connectivity index (χ2n) is 6.98. The Bertz CT molecular complexity index is 626. The predicted molar refractivity (Wildman–Crippen MR) is 86.9 cm³/mol. The Hall–Kier alpha value is -1.61. The molecular weight excluding hydrogens is 276 g/mol. The lowest BCUT2D eigenvalue weighted by Gasteiger charge is -2.40. The van der Waals surface area contributed by atoms with Crippen LogP contribution in [0.2, 0.25) is 0 Å². The first-order valence-corrected chi connectivity index (χ1v) is 8.03. The summed E-state index contributed by atoms with van der Waals surface area (Å²) in [5.41, 5.74) is 4.70. The van der Waals surface area contributed by atoms with Gasteiger partial charge in [0.05, 0.1) is 5.57 Å². The summed E-state index contributed by atoms with van der Waals surface area (Å²) in [6.07, 6.45) is 2.86. The summed E-state index contributed by atoms with van der Waals surface area (Å²) < 4.78 is 5.42. The van der Waals surface area contributed by atoms with Gasteiger partial charge in [-0.05, 0) is 55.7 Å². The van der Waals surface area contributed by atoms with Crippen molar-refractivity contribution in [2.24, 2.45) is 5.41 Å². The molecule has 3 heteroatoms. The molecule has 0 bridgehead atoms. The Labute approximate surface area is 132 Å². The van der Waals surface area contributed by atoms with Crippen LogP contribution in [0.1, 0.15) is 47.9 Å². The number of hydrogen-bond acceptors (Lipinski definition) is 3. The molecule has 0 saturated carbocycles. The lowest BCUT2D eigenvalue weighted by atomic mass is 9.67. The maximum absolute atomic E-state index is 12.8. The minimum atomic E-state index is -0.0879. The van der Waals surface area contributed by atoms with E-state index in [1.165, 1.54) is 5.56 Å². The molecule has 3 rings (SSSR count). The lowest BCUT2D eigenvalue weighted by molar-refractivity contribution is -0.118. The van der Waals surface area contributed by atoms with Crippen molar-refractivity contribution in [1.29, 1.82) is 0 Å². The molecule has 0 aromatic heterocycles. The van der Waals surface area contributed by atoms with Crippen LogP contribution in [-0.4, -0.2) is 24.1 Å². The van der Waals surface area contributed by atoms with E-state index in [-0.39, 0.29) is 17.0 Å². The Morgan fingerprint density at radius 1 is 1.05 bits per heavy atom. The summed E-state index contributed by atoms with van der Waals surface area (Å²) in [5.74, 6) is 0.355. The van der Waals surface area contributed by atoms with Crippen molar-refractivity contribution in [3.8, 4) is 0 Å². The minimum Gasteiger partial charge on any atom is -0.512 e. The zero-order valence-electron chi connectivity index (χ0n) is 13.7. The van der Waals surface area contributed by atoms with Gasteiger partial charge in [0, 0.05) is 26.1 Å². The van der Waals surface area contributed by atoms with E-state index in [0.717, 1.165) is 29.5 Å². The van der Waals surface area contributed by atoms with Gasteiger partial charge in [0.1, 0.15) is 5.76 Å². The van der Waals surface area contributed by atoms with Gasteiger partial charge in [0.25, 0.3) is 0 Å². The normalized spacial score (nSPS) is 21.5. The monoisotopic (exact) mass is 300 g/mol. The molecular formula is C19H24O3. The number of aryl methyl sites for hydroxylation is 3. The highest BCUT2D eigenvalue weighted by atomic mass is 16.5. The first kappa shape index (κ1) is 15.3. The fourth-order valence-electron chi connectivity index (χ4n) is 4.11. The van der Waals surface area contributed by atoms with Gasteiger partial charge in [-0.25, -0.2) is 0 Å². The van der Waals surface area contributed by atoms with Crippen LogP contribution in [-0.2, 0) is 9.53 Å². The standard InChI is InChI=1S/C19H24O3/c1-12-8-13(2)17(14(3)9-12)18-15(20)10-19(11-16(18)21)4-6-22-7-5-19/h8-9,20H,4-7,10-11H2,1-3H3. The van der Waals surface area contributed by atoms with Crippen molar-refractivity contribution in [3.05, 3.63) is 40.1 Å². The number of aliphatic hydroxyl groups excluding tert-OH is 1. The van der Waals surface area contributed by atoms with Crippen molar-refractivity contribution in [3.63, 3.8) is 0 Å². The van der Waals surface area contributed by atoms with Crippen LogP contribution in [0.25, 0.3) is 5.57 Å². The quantitative estimate of drug-likeness (QED) is 0.851. The predicted octanol–water partition coefficient (Wildman–Crippen LogP) is 4.04. The molecule has 1 aromatic carbocycles. The van der Waals surface area contributed by atoms with Crippen molar-refractivity contribution in [1.82, 2.24) is 0 Å². The van der Waals surface area contributed by atoms with Gasteiger partial charge in [0.15, 0.2) is 5.78 Å².